The van der Waals surface area contributed by atoms with Gasteiger partial charge in [-0.05, 0) is 30.2 Å². The zero-order chi connectivity index (χ0) is 17.9. The Morgan fingerprint density at radius 1 is 1.08 bits per heavy atom. The van der Waals surface area contributed by atoms with Crippen LogP contribution in [0.25, 0.3) is 0 Å². The number of nitrogens with one attached hydrogen (secondary N) is 1. The van der Waals surface area contributed by atoms with Crippen molar-refractivity contribution in [1.82, 2.24) is 5.32 Å². The van der Waals surface area contributed by atoms with Crippen molar-refractivity contribution in [3.05, 3.63) is 60.2 Å². The Hall–Kier alpha value is -2.82. The molecule has 4 rings (SSSR count). The molecule has 2 aromatic carbocycles. The highest BCUT2D eigenvalue weighted by atomic mass is 16.2. The predicted octanol–water partition coefficient (Wildman–Crippen LogP) is 2.22. The number of rotatable bonds is 5. The average molecular weight is 349 g/mol. The van der Waals surface area contributed by atoms with Gasteiger partial charge in [-0.25, -0.2) is 0 Å². The highest BCUT2D eigenvalue weighted by Crippen LogP contribution is 2.27. The van der Waals surface area contributed by atoms with Gasteiger partial charge >= 0.3 is 0 Å². The van der Waals surface area contributed by atoms with Crippen LogP contribution in [-0.4, -0.2) is 38.0 Å². The third-order valence-corrected chi connectivity index (χ3v) is 5.23. The van der Waals surface area contributed by atoms with Crippen molar-refractivity contribution in [1.29, 1.82) is 0 Å². The van der Waals surface area contributed by atoms with Gasteiger partial charge in [-0.1, -0.05) is 36.4 Å². The number of amides is 2. The normalized spacial score (nSPS) is 18.9. The number of carbonyl (C=O) groups is 2. The third-order valence-electron chi connectivity index (χ3n) is 5.23. The number of hydrogen-bond acceptors (Lipinski definition) is 3. The first kappa shape index (κ1) is 16.6. The predicted molar refractivity (Wildman–Crippen MR) is 102 cm³/mol. The molecule has 1 unspecified atom stereocenters. The van der Waals surface area contributed by atoms with E-state index in [4.69, 9.17) is 0 Å². The van der Waals surface area contributed by atoms with E-state index in [1.54, 1.807) is 4.90 Å². The van der Waals surface area contributed by atoms with Crippen LogP contribution in [0.1, 0.15) is 12.0 Å². The summed E-state index contributed by atoms with van der Waals surface area (Å²) >= 11 is 0. The van der Waals surface area contributed by atoms with Crippen LogP contribution < -0.4 is 15.1 Å². The summed E-state index contributed by atoms with van der Waals surface area (Å²) in [6.45, 7) is 2.86. The van der Waals surface area contributed by atoms with Crippen molar-refractivity contribution < 1.29 is 9.59 Å². The van der Waals surface area contributed by atoms with E-state index in [0.29, 0.717) is 13.1 Å². The van der Waals surface area contributed by atoms with Gasteiger partial charge in [0.1, 0.15) is 0 Å². The number of carbonyl (C=O) groups excluding carboxylic acids is 2. The Kier molecular flexibility index (Phi) is 4.61. The number of nitrogens with zero attached hydrogens (tertiary/aromatic N) is 2. The largest absolute Gasteiger partial charge is 0.369 e. The Bertz CT molecular complexity index is 806. The molecular formula is C21H23N3O2. The molecule has 134 valence electrons. The molecule has 1 atom stereocenters. The highest BCUT2D eigenvalue weighted by molar-refractivity contribution is 6.00. The Labute approximate surface area is 153 Å². The van der Waals surface area contributed by atoms with Crippen LogP contribution in [0.2, 0.25) is 0 Å². The molecule has 2 aromatic rings. The van der Waals surface area contributed by atoms with Gasteiger partial charge in [-0.2, -0.15) is 0 Å². The lowest BCUT2D eigenvalue weighted by Crippen LogP contribution is -2.38. The maximum absolute atomic E-state index is 12.5. The van der Waals surface area contributed by atoms with Gasteiger partial charge in [0.25, 0.3) is 0 Å². The monoisotopic (exact) mass is 349 g/mol. The molecule has 2 aliphatic rings. The molecule has 1 fully saturated rings. The zero-order valence-corrected chi connectivity index (χ0v) is 14.7. The van der Waals surface area contributed by atoms with Gasteiger partial charge in [0.15, 0.2) is 0 Å². The summed E-state index contributed by atoms with van der Waals surface area (Å²) < 4.78 is 0. The van der Waals surface area contributed by atoms with Crippen molar-refractivity contribution >= 4 is 23.2 Å². The van der Waals surface area contributed by atoms with Crippen molar-refractivity contribution in [2.24, 2.45) is 5.92 Å². The minimum atomic E-state index is -0.270. The molecule has 0 bridgehead atoms. The van der Waals surface area contributed by atoms with E-state index >= 15 is 0 Å². The van der Waals surface area contributed by atoms with Gasteiger partial charge in [-0.3, -0.25) is 9.59 Å². The first-order chi connectivity index (χ1) is 12.7. The maximum Gasteiger partial charge on any atom is 0.227 e. The average Bonchev–Trinajstić information content (AvgIpc) is 3.26. The van der Waals surface area contributed by atoms with Crippen molar-refractivity contribution in [3.8, 4) is 0 Å². The Morgan fingerprint density at radius 2 is 1.85 bits per heavy atom. The molecule has 5 heteroatoms. The van der Waals surface area contributed by atoms with E-state index in [2.05, 4.69) is 34.5 Å². The molecule has 1 N–H and O–H groups in total. The lowest BCUT2D eigenvalue weighted by atomic mass is 10.1. The Balaban J connectivity index is 1.29. The van der Waals surface area contributed by atoms with Crippen molar-refractivity contribution in [3.63, 3.8) is 0 Å². The van der Waals surface area contributed by atoms with E-state index in [-0.39, 0.29) is 24.2 Å². The second kappa shape index (κ2) is 7.20. The van der Waals surface area contributed by atoms with Crippen LogP contribution in [0.15, 0.2) is 54.6 Å². The highest BCUT2D eigenvalue weighted by Gasteiger charge is 2.34. The summed E-state index contributed by atoms with van der Waals surface area (Å²) in [7, 11) is 0. The number of anilines is 2. The fraction of sp³-hybridized carbons (Fsp3) is 0.333. The molecule has 2 aliphatic heterocycles. The fourth-order valence-corrected chi connectivity index (χ4v) is 3.84. The molecule has 0 spiro atoms. The summed E-state index contributed by atoms with van der Waals surface area (Å²) in [5.74, 6) is -0.275. The SMILES string of the molecule is O=C(NCCN1CCc2ccccc21)C1CC(=O)N(c2ccccc2)C1. The smallest absolute Gasteiger partial charge is 0.227 e. The topological polar surface area (TPSA) is 52.7 Å². The maximum atomic E-state index is 12.5. The number of benzene rings is 2. The first-order valence-corrected chi connectivity index (χ1v) is 9.18. The molecule has 0 radical (unpaired) electrons. The fourth-order valence-electron chi connectivity index (χ4n) is 3.84. The molecule has 2 heterocycles. The van der Waals surface area contributed by atoms with E-state index < -0.39 is 0 Å². The van der Waals surface area contributed by atoms with Crippen LogP contribution in [0, 0.1) is 5.92 Å². The molecule has 5 nitrogen and oxygen atoms in total. The summed E-state index contributed by atoms with van der Waals surface area (Å²) in [6.07, 6.45) is 1.35. The molecule has 2 amide bonds. The summed E-state index contributed by atoms with van der Waals surface area (Å²) in [4.78, 5) is 28.7. The van der Waals surface area contributed by atoms with Gasteiger partial charge in [-0.15, -0.1) is 0 Å². The van der Waals surface area contributed by atoms with Gasteiger partial charge in [0.05, 0.1) is 5.92 Å². The lowest BCUT2D eigenvalue weighted by Gasteiger charge is -2.20. The number of para-hydroxylation sites is 2. The van der Waals surface area contributed by atoms with Crippen LogP contribution >= 0.6 is 0 Å². The zero-order valence-electron chi connectivity index (χ0n) is 14.7. The third kappa shape index (κ3) is 3.29. The molecule has 0 aliphatic carbocycles. The summed E-state index contributed by atoms with van der Waals surface area (Å²) in [5.41, 5.74) is 3.51. The second-order valence-electron chi connectivity index (χ2n) is 6.90. The Morgan fingerprint density at radius 3 is 2.69 bits per heavy atom. The van der Waals surface area contributed by atoms with Crippen LogP contribution in [0.4, 0.5) is 11.4 Å². The molecule has 26 heavy (non-hydrogen) atoms. The van der Waals surface area contributed by atoms with Crippen molar-refractivity contribution in [2.45, 2.75) is 12.8 Å². The standard InChI is InChI=1S/C21H23N3O2/c25-20-14-17(15-24(20)18-7-2-1-3-8-18)21(26)22-11-13-23-12-10-16-6-4-5-9-19(16)23/h1-9,17H,10-15H2,(H,22,26). The van der Waals surface area contributed by atoms with Crippen LogP contribution in [0.3, 0.4) is 0 Å². The molecular weight excluding hydrogens is 326 g/mol. The van der Waals surface area contributed by atoms with E-state index in [1.807, 2.05) is 30.3 Å². The van der Waals surface area contributed by atoms with Gasteiger partial charge < -0.3 is 15.1 Å². The molecule has 1 saturated heterocycles. The number of fused-ring (bicyclic) bond motifs is 1. The quantitative estimate of drug-likeness (QED) is 0.901. The van der Waals surface area contributed by atoms with E-state index in [0.717, 1.165) is 25.2 Å². The summed E-state index contributed by atoms with van der Waals surface area (Å²) in [6, 6.07) is 18.0. The number of hydrogen-bond donors (Lipinski definition) is 1. The van der Waals surface area contributed by atoms with E-state index in [1.165, 1.54) is 11.3 Å². The lowest BCUT2D eigenvalue weighted by molar-refractivity contribution is -0.126. The van der Waals surface area contributed by atoms with Gasteiger partial charge in [0, 0.05) is 44.0 Å². The second-order valence-corrected chi connectivity index (χ2v) is 6.90. The molecule has 0 aromatic heterocycles. The molecule has 0 saturated carbocycles. The first-order valence-electron chi connectivity index (χ1n) is 9.18. The van der Waals surface area contributed by atoms with Crippen molar-refractivity contribution in [2.75, 3.05) is 36.0 Å². The summed E-state index contributed by atoms with van der Waals surface area (Å²) in [5, 5.41) is 3.02. The van der Waals surface area contributed by atoms with Crippen LogP contribution in [-0.2, 0) is 16.0 Å². The minimum Gasteiger partial charge on any atom is -0.369 e. The van der Waals surface area contributed by atoms with E-state index in [9.17, 15) is 9.59 Å². The minimum absolute atomic E-state index is 0.0184. The van der Waals surface area contributed by atoms with Gasteiger partial charge in [0.2, 0.25) is 11.8 Å². The van der Waals surface area contributed by atoms with Crippen LogP contribution in [0.5, 0.6) is 0 Å².